The summed E-state index contributed by atoms with van der Waals surface area (Å²) in [6, 6.07) is 13.7. The predicted molar refractivity (Wildman–Crippen MR) is 113 cm³/mol. The number of nitrogens with zero attached hydrogens (tertiary/aromatic N) is 2. The van der Waals surface area contributed by atoms with E-state index < -0.39 is 0 Å². The molecule has 0 unspecified atom stereocenters. The Morgan fingerprint density at radius 2 is 1.86 bits per heavy atom. The Hall–Kier alpha value is -3.28. The maximum Gasteiger partial charge on any atom is 0.246 e. The number of carbonyl (C=O) groups excluding carboxylic acids is 1. The number of likely N-dealkylation sites (tertiary alicyclic amines) is 1. The van der Waals surface area contributed by atoms with Gasteiger partial charge >= 0.3 is 0 Å². The first kappa shape index (κ1) is 19.1. The smallest absolute Gasteiger partial charge is 0.246 e. The molecule has 150 valence electrons. The number of imidazole rings is 1. The Morgan fingerprint density at radius 1 is 1.10 bits per heavy atom. The van der Waals surface area contributed by atoms with Gasteiger partial charge in [-0.3, -0.25) is 4.79 Å². The third-order valence-electron chi connectivity index (χ3n) is 5.43. The second-order valence-corrected chi connectivity index (χ2v) is 7.19. The lowest BCUT2D eigenvalue weighted by Gasteiger charge is -2.30. The van der Waals surface area contributed by atoms with Gasteiger partial charge in [-0.1, -0.05) is 18.2 Å². The van der Waals surface area contributed by atoms with Crippen molar-refractivity contribution in [3.8, 4) is 11.5 Å². The maximum atomic E-state index is 12.6. The highest BCUT2D eigenvalue weighted by atomic mass is 16.5. The zero-order chi connectivity index (χ0) is 20.2. The summed E-state index contributed by atoms with van der Waals surface area (Å²) < 4.78 is 10.6. The number of para-hydroxylation sites is 2. The van der Waals surface area contributed by atoms with E-state index >= 15 is 0 Å². The molecule has 1 amide bonds. The SMILES string of the molecule is COc1ccc(C=CC(=O)N2CCC(c3nc4ccccc4[nH]3)CC2)cc1OC. The van der Waals surface area contributed by atoms with Crippen LogP contribution in [0.2, 0.25) is 0 Å². The van der Waals surface area contributed by atoms with E-state index in [0.717, 1.165) is 48.4 Å². The zero-order valence-corrected chi connectivity index (χ0v) is 16.7. The van der Waals surface area contributed by atoms with Gasteiger partial charge in [-0.2, -0.15) is 0 Å². The summed E-state index contributed by atoms with van der Waals surface area (Å²) in [6.07, 6.45) is 5.27. The molecule has 2 aromatic carbocycles. The molecule has 0 atom stereocenters. The van der Waals surface area contributed by atoms with Gasteiger partial charge in [0.25, 0.3) is 0 Å². The van der Waals surface area contributed by atoms with Gasteiger partial charge in [0.1, 0.15) is 5.82 Å². The van der Waals surface area contributed by atoms with Gasteiger partial charge in [0.2, 0.25) is 5.91 Å². The highest BCUT2D eigenvalue weighted by Gasteiger charge is 2.24. The number of carbonyl (C=O) groups is 1. The molecule has 4 rings (SSSR count). The minimum atomic E-state index is 0.0304. The van der Waals surface area contributed by atoms with Crippen LogP contribution < -0.4 is 9.47 Å². The van der Waals surface area contributed by atoms with Gasteiger partial charge in [-0.05, 0) is 48.7 Å². The molecule has 1 aliphatic heterocycles. The summed E-state index contributed by atoms with van der Waals surface area (Å²) in [7, 11) is 3.20. The molecule has 6 heteroatoms. The summed E-state index contributed by atoms with van der Waals surface area (Å²) in [5.41, 5.74) is 2.96. The molecular formula is C23H25N3O3. The average molecular weight is 391 g/mol. The molecule has 1 fully saturated rings. The molecule has 6 nitrogen and oxygen atoms in total. The van der Waals surface area contributed by atoms with Crippen LogP contribution in [0.4, 0.5) is 0 Å². The van der Waals surface area contributed by atoms with E-state index in [4.69, 9.17) is 14.5 Å². The van der Waals surface area contributed by atoms with E-state index in [-0.39, 0.29) is 5.91 Å². The standard InChI is InChI=1S/C23H25N3O3/c1-28-20-9-7-16(15-21(20)29-2)8-10-22(27)26-13-11-17(12-14-26)23-24-18-5-3-4-6-19(18)25-23/h3-10,15,17H,11-14H2,1-2H3,(H,24,25). The largest absolute Gasteiger partial charge is 0.493 e. The number of benzene rings is 2. The summed E-state index contributed by atoms with van der Waals surface area (Å²) >= 11 is 0. The molecule has 29 heavy (non-hydrogen) atoms. The molecule has 0 radical (unpaired) electrons. The van der Waals surface area contributed by atoms with Crippen LogP contribution in [-0.2, 0) is 4.79 Å². The summed E-state index contributed by atoms with van der Waals surface area (Å²) in [5.74, 6) is 2.74. The number of nitrogens with one attached hydrogen (secondary N) is 1. The maximum absolute atomic E-state index is 12.6. The molecule has 1 aromatic heterocycles. The zero-order valence-electron chi connectivity index (χ0n) is 16.7. The van der Waals surface area contributed by atoms with Crippen molar-refractivity contribution in [2.24, 2.45) is 0 Å². The van der Waals surface area contributed by atoms with Crippen molar-refractivity contribution in [1.29, 1.82) is 0 Å². The number of hydrogen-bond donors (Lipinski definition) is 1. The van der Waals surface area contributed by atoms with Crippen molar-refractivity contribution in [1.82, 2.24) is 14.9 Å². The Kier molecular flexibility index (Phi) is 5.51. The van der Waals surface area contributed by atoms with Gasteiger partial charge in [0, 0.05) is 25.1 Å². The lowest BCUT2D eigenvalue weighted by Crippen LogP contribution is -2.37. The quantitative estimate of drug-likeness (QED) is 0.668. The second-order valence-electron chi connectivity index (χ2n) is 7.19. The molecule has 1 aliphatic rings. The van der Waals surface area contributed by atoms with Crippen LogP contribution in [-0.4, -0.2) is 48.1 Å². The first-order chi connectivity index (χ1) is 14.2. The molecular weight excluding hydrogens is 366 g/mol. The molecule has 0 bridgehead atoms. The van der Waals surface area contributed by atoms with Crippen LogP contribution >= 0.6 is 0 Å². The Bertz CT molecular complexity index is 1000. The predicted octanol–water partition coefficient (Wildman–Crippen LogP) is 4.00. The number of piperidine rings is 1. The lowest BCUT2D eigenvalue weighted by molar-refractivity contribution is -0.127. The normalized spacial score (nSPS) is 15.2. The Labute approximate surface area is 170 Å². The molecule has 1 N–H and O–H groups in total. The summed E-state index contributed by atoms with van der Waals surface area (Å²) in [4.78, 5) is 22.6. The van der Waals surface area contributed by atoms with Crippen molar-refractivity contribution in [3.05, 3.63) is 59.9 Å². The number of methoxy groups -OCH3 is 2. The highest BCUT2D eigenvalue weighted by molar-refractivity contribution is 5.92. The van der Waals surface area contributed by atoms with Crippen molar-refractivity contribution in [3.63, 3.8) is 0 Å². The Balaban J connectivity index is 1.37. The van der Waals surface area contributed by atoms with E-state index in [1.165, 1.54) is 0 Å². The van der Waals surface area contributed by atoms with E-state index in [2.05, 4.69) is 4.98 Å². The van der Waals surface area contributed by atoms with Gasteiger partial charge < -0.3 is 19.4 Å². The third kappa shape index (κ3) is 4.11. The number of ether oxygens (including phenoxy) is 2. The van der Waals surface area contributed by atoms with Crippen molar-refractivity contribution < 1.29 is 14.3 Å². The second kappa shape index (κ2) is 8.39. The topological polar surface area (TPSA) is 67.5 Å². The van der Waals surface area contributed by atoms with Gasteiger partial charge in [0.05, 0.1) is 25.3 Å². The van der Waals surface area contributed by atoms with Crippen LogP contribution in [0.3, 0.4) is 0 Å². The highest BCUT2D eigenvalue weighted by Crippen LogP contribution is 2.29. The van der Waals surface area contributed by atoms with Crippen LogP contribution in [0, 0.1) is 0 Å². The van der Waals surface area contributed by atoms with E-state index in [0.29, 0.717) is 17.4 Å². The van der Waals surface area contributed by atoms with Gasteiger partial charge in [-0.15, -0.1) is 0 Å². The number of hydrogen-bond acceptors (Lipinski definition) is 4. The van der Waals surface area contributed by atoms with Gasteiger partial charge in [0.15, 0.2) is 11.5 Å². The van der Waals surface area contributed by atoms with Crippen LogP contribution in [0.5, 0.6) is 11.5 Å². The monoisotopic (exact) mass is 391 g/mol. The number of aromatic nitrogens is 2. The number of amides is 1. The summed E-state index contributed by atoms with van der Waals surface area (Å²) in [5, 5.41) is 0. The molecule has 0 spiro atoms. The number of fused-ring (bicyclic) bond motifs is 1. The molecule has 3 aromatic rings. The fraction of sp³-hybridized carbons (Fsp3) is 0.304. The van der Waals surface area contributed by atoms with E-state index in [1.807, 2.05) is 53.4 Å². The van der Waals surface area contributed by atoms with E-state index in [1.54, 1.807) is 20.3 Å². The Morgan fingerprint density at radius 3 is 2.59 bits per heavy atom. The minimum absolute atomic E-state index is 0.0304. The number of rotatable bonds is 5. The lowest BCUT2D eigenvalue weighted by atomic mass is 9.96. The van der Waals surface area contributed by atoms with E-state index in [9.17, 15) is 4.79 Å². The fourth-order valence-electron chi connectivity index (χ4n) is 3.77. The van der Waals surface area contributed by atoms with Crippen LogP contribution in [0.25, 0.3) is 17.1 Å². The van der Waals surface area contributed by atoms with Crippen LogP contribution in [0.15, 0.2) is 48.5 Å². The molecule has 2 heterocycles. The minimum Gasteiger partial charge on any atom is -0.493 e. The summed E-state index contributed by atoms with van der Waals surface area (Å²) in [6.45, 7) is 1.47. The van der Waals surface area contributed by atoms with Gasteiger partial charge in [-0.25, -0.2) is 4.98 Å². The average Bonchev–Trinajstić information content (AvgIpc) is 3.21. The molecule has 1 saturated heterocycles. The first-order valence-corrected chi connectivity index (χ1v) is 9.81. The molecule has 0 saturated carbocycles. The third-order valence-corrected chi connectivity index (χ3v) is 5.43. The van der Waals surface area contributed by atoms with Crippen LogP contribution in [0.1, 0.15) is 30.1 Å². The fourth-order valence-corrected chi connectivity index (χ4v) is 3.77. The first-order valence-electron chi connectivity index (χ1n) is 9.81. The number of H-pyrrole nitrogens is 1. The van der Waals surface area contributed by atoms with Crippen molar-refractivity contribution >= 4 is 23.0 Å². The molecule has 0 aliphatic carbocycles. The number of aromatic amines is 1. The van der Waals surface area contributed by atoms with Crippen molar-refractivity contribution in [2.45, 2.75) is 18.8 Å². The van der Waals surface area contributed by atoms with Crippen molar-refractivity contribution in [2.75, 3.05) is 27.3 Å².